The predicted octanol–water partition coefficient (Wildman–Crippen LogP) is 0.0973. The molecule has 0 spiro atoms. The minimum absolute atomic E-state index is 0.227. The molecule has 1 aliphatic heterocycles. The average Bonchev–Trinajstić information content (AvgIpc) is 2.51. The zero-order valence-electron chi connectivity index (χ0n) is 8.01. The van der Waals surface area contributed by atoms with Crippen LogP contribution in [-0.2, 0) is 0 Å². The van der Waals surface area contributed by atoms with Gasteiger partial charge in [0.1, 0.15) is 0 Å². The van der Waals surface area contributed by atoms with E-state index in [-0.39, 0.29) is 6.10 Å². The molecule has 0 amide bonds. The lowest BCUT2D eigenvalue weighted by Crippen LogP contribution is -2.43. The van der Waals surface area contributed by atoms with E-state index in [0.717, 1.165) is 13.0 Å². The minimum atomic E-state index is -0.227. The van der Waals surface area contributed by atoms with Crippen LogP contribution in [0.4, 0.5) is 0 Å². The van der Waals surface area contributed by atoms with Crippen LogP contribution >= 0.6 is 0 Å². The van der Waals surface area contributed by atoms with Crippen molar-refractivity contribution in [2.75, 3.05) is 13.1 Å². The fraction of sp³-hybridized carbons (Fsp3) is 1.00. The van der Waals surface area contributed by atoms with Gasteiger partial charge in [-0.3, -0.25) is 0 Å². The van der Waals surface area contributed by atoms with Gasteiger partial charge in [-0.2, -0.15) is 0 Å². The topological polar surface area (TPSA) is 44.3 Å². The Kier molecular flexibility index (Phi) is 3.98. The van der Waals surface area contributed by atoms with Gasteiger partial charge in [-0.1, -0.05) is 13.8 Å². The molecule has 3 nitrogen and oxygen atoms in total. The molecule has 2 unspecified atom stereocenters. The van der Waals surface area contributed by atoms with E-state index in [2.05, 4.69) is 24.5 Å². The molecule has 0 aliphatic carbocycles. The zero-order chi connectivity index (χ0) is 8.97. The molecule has 0 saturated carbocycles. The van der Waals surface area contributed by atoms with Crippen LogP contribution in [0, 0.1) is 0 Å². The fourth-order valence-corrected chi connectivity index (χ4v) is 1.54. The van der Waals surface area contributed by atoms with Gasteiger partial charge in [0.15, 0.2) is 0 Å². The lowest BCUT2D eigenvalue weighted by Gasteiger charge is -2.19. The SMILES string of the molecule is CC(C)NCC(O)C1CCCN1. The maximum Gasteiger partial charge on any atom is 0.0817 e. The second-order valence-corrected chi connectivity index (χ2v) is 3.83. The Balaban J connectivity index is 2.13. The van der Waals surface area contributed by atoms with E-state index in [1.807, 2.05) is 0 Å². The first-order chi connectivity index (χ1) is 5.70. The summed E-state index contributed by atoms with van der Waals surface area (Å²) in [5.41, 5.74) is 0. The highest BCUT2D eigenvalue weighted by Gasteiger charge is 2.21. The Hall–Kier alpha value is -0.120. The van der Waals surface area contributed by atoms with Crippen molar-refractivity contribution < 1.29 is 5.11 Å². The summed E-state index contributed by atoms with van der Waals surface area (Å²) in [7, 11) is 0. The van der Waals surface area contributed by atoms with Crippen molar-refractivity contribution in [3.8, 4) is 0 Å². The van der Waals surface area contributed by atoms with Crippen LogP contribution in [-0.4, -0.2) is 36.4 Å². The van der Waals surface area contributed by atoms with E-state index in [1.165, 1.54) is 6.42 Å². The molecule has 1 heterocycles. The Morgan fingerprint density at radius 1 is 1.58 bits per heavy atom. The summed E-state index contributed by atoms with van der Waals surface area (Å²) >= 11 is 0. The van der Waals surface area contributed by atoms with E-state index in [4.69, 9.17) is 0 Å². The molecule has 2 atom stereocenters. The van der Waals surface area contributed by atoms with Gasteiger partial charge in [0.2, 0.25) is 0 Å². The van der Waals surface area contributed by atoms with Crippen LogP contribution in [0.25, 0.3) is 0 Å². The Labute approximate surface area is 74.5 Å². The number of aliphatic hydroxyl groups is 1. The molecule has 0 aromatic heterocycles. The van der Waals surface area contributed by atoms with E-state index < -0.39 is 0 Å². The number of hydrogen-bond acceptors (Lipinski definition) is 3. The van der Waals surface area contributed by atoms with Gasteiger partial charge in [-0.15, -0.1) is 0 Å². The number of rotatable bonds is 4. The van der Waals surface area contributed by atoms with E-state index >= 15 is 0 Å². The summed E-state index contributed by atoms with van der Waals surface area (Å²) in [6, 6.07) is 0.775. The second kappa shape index (κ2) is 4.80. The van der Waals surface area contributed by atoms with Crippen LogP contribution in [0.15, 0.2) is 0 Å². The summed E-state index contributed by atoms with van der Waals surface area (Å²) in [5.74, 6) is 0. The van der Waals surface area contributed by atoms with Crippen LogP contribution in [0.2, 0.25) is 0 Å². The van der Waals surface area contributed by atoms with Gasteiger partial charge in [0.25, 0.3) is 0 Å². The summed E-state index contributed by atoms with van der Waals surface area (Å²) in [6.45, 7) is 5.95. The quantitative estimate of drug-likeness (QED) is 0.563. The second-order valence-electron chi connectivity index (χ2n) is 3.83. The molecule has 0 bridgehead atoms. The molecule has 0 radical (unpaired) electrons. The van der Waals surface area contributed by atoms with Gasteiger partial charge in [-0.05, 0) is 19.4 Å². The molecule has 72 valence electrons. The molecule has 12 heavy (non-hydrogen) atoms. The maximum atomic E-state index is 9.67. The molecule has 0 aromatic rings. The first-order valence-electron chi connectivity index (χ1n) is 4.85. The van der Waals surface area contributed by atoms with Crippen LogP contribution in [0.1, 0.15) is 26.7 Å². The molecular formula is C9H20N2O. The van der Waals surface area contributed by atoms with Crippen molar-refractivity contribution in [3.05, 3.63) is 0 Å². The van der Waals surface area contributed by atoms with Crippen LogP contribution in [0.3, 0.4) is 0 Å². The lowest BCUT2D eigenvalue weighted by molar-refractivity contribution is 0.131. The largest absolute Gasteiger partial charge is 0.390 e. The molecule has 0 aromatic carbocycles. The molecule has 1 saturated heterocycles. The predicted molar refractivity (Wildman–Crippen MR) is 50.2 cm³/mol. The normalized spacial score (nSPS) is 26.5. The zero-order valence-corrected chi connectivity index (χ0v) is 8.01. The Bertz CT molecular complexity index is 122. The van der Waals surface area contributed by atoms with Gasteiger partial charge in [0, 0.05) is 18.6 Å². The van der Waals surface area contributed by atoms with Gasteiger partial charge in [0.05, 0.1) is 6.10 Å². The summed E-state index contributed by atoms with van der Waals surface area (Å²) in [6.07, 6.45) is 2.08. The third kappa shape index (κ3) is 3.09. The standard InChI is InChI=1S/C9H20N2O/c1-7(2)11-6-9(12)8-4-3-5-10-8/h7-12H,3-6H2,1-2H3. The van der Waals surface area contributed by atoms with Crippen LogP contribution < -0.4 is 10.6 Å². The smallest absolute Gasteiger partial charge is 0.0817 e. The Morgan fingerprint density at radius 3 is 2.83 bits per heavy atom. The van der Waals surface area contributed by atoms with Gasteiger partial charge >= 0.3 is 0 Å². The maximum absolute atomic E-state index is 9.67. The van der Waals surface area contributed by atoms with Crippen molar-refractivity contribution in [1.29, 1.82) is 0 Å². The number of hydrogen-bond donors (Lipinski definition) is 3. The molecule has 1 rings (SSSR count). The summed E-state index contributed by atoms with van der Waals surface area (Å²) in [4.78, 5) is 0. The molecule has 1 fully saturated rings. The molecule has 1 aliphatic rings. The van der Waals surface area contributed by atoms with Crippen molar-refractivity contribution in [3.63, 3.8) is 0 Å². The van der Waals surface area contributed by atoms with Crippen LogP contribution in [0.5, 0.6) is 0 Å². The molecular weight excluding hydrogens is 152 g/mol. The number of nitrogens with one attached hydrogen (secondary N) is 2. The van der Waals surface area contributed by atoms with Crippen molar-refractivity contribution >= 4 is 0 Å². The fourth-order valence-electron chi connectivity index (χ4n) is 1.54. The van der Waals surface area contributed by atoms with E-state index in [1.54, 1.807) is 0 Å². The average molecular weight is 172 g/mol. The lowest BCUT2D eigenvalue weighted by atomic mass is 10.1. The molecule has 3 N–H and O–H groups in total. The minimum Gasteiger partial charge on any atom is -0.390 e. The van der Waals surface area contributed by atoms with Crippen molar-refractivity contribution in [1.82, 2.24) is 10.6 Å². The van der Waals surface area contributed by atoms with Gasteiger partial charge in [-0.25, -0.2) is 0 Å². The van der Waals surface area contributed by atoms with Crippen molar-refractivity contribution in [2.45, 2.75) is 44.9 Å². The highest BCUT2D eigenvalue weighted by atomic mass is 16.3. The molecule has 3 heteroatoms. The highest BCUT2D eigenvalue weighted by molar-refractivity contribution is 4.82. The first kappa shape index (κ1) is 9.96. The first-order valence-corrected chi connectivity index (χ1v) is 4.85. The third-order valence-corrected chi connectivity index (χ3v) is 2.30. The highest BCUT2D eigenvalue weighted by Crippen LogP contribution is 2.08. The Morgan fingerprint density at radius 2 is 2.33 bits per heavy atom. The van der Waals surface area contributed by atoms with Crippen molar-refractivity contribution in [2.24, 2.45) is 0 Å². The van der Waals surface area contributed by atoms with Gasteiger partial charge < -0.3 is 15.7 Å². The monoisotopic (exact) mass is 172 g/mol. The van der Waals surface area contributed by atoms with E-state index in [9.17, 15) is 5.11 Å². The van der Waals surface area contributed by atoms with E-state index in [0.29, 0.717) is 18.6 Å². The number of aliphatic hydroxyl groups excluding tert-OH is 1. The summed E-state index contributed by atoms with van der Waals surface area (Å²) < 4.78 is 0. The summed E-state index contributed by atoms with van der Waals surface area (Å²) in [5, 5.41) is 16.2. The third-order valence-electron chi connectivity index (χ3n) is 2.30.